The number of nitrogens with one attached hydrogen (secondary N) is 1. The standard InChI is InChI=1S/C20H22N4O5/c1-13(14-5-8-16(9-6-14)20(2,3)4)21-22-19(25)11-15-7-10-17(23(26)27)12-18(15)24(28)29/h5-10,12H,11H2,1-4H3,(H,22,25). The van der Waals surface area contributed by atoms with E-state index in [-0.39, 0.29) is 17.4 Å². The molecule has 2 aromatic carbocycles. The van der Waals surface area contributed by atoms with Crippen molar-refractivity contribution in [2.75, 3.05) is 0 Å². The molecule has 152 valence electrons. The van der Waals surface area contributed by atoms with Gasteiger partial charge in [0.05, 0.1) is 28.0 Å². The Morgan fingerprint density at radius 1 is 1.03 bits per heavy atom. The van der Waals surface area contributed by atoms with E-state index in [1.807, 2.05) is 24.3 Å². The Morgan fingerprint density at radius 2 is 1.66 bits per heavy atom. The molecule has 29 heavy (non-hydrogen) atoms. The number of non-ortho nitro benzene ring substituents is 1. The van der Waals surface area contributed by atoms with Crippen LogP contribution >= 0.6 is 0 Å². The molecule has 0 heterocycles. The molecule has 0 saturated heterocycles. The summed E-state index contributed by atoms with van der Waals surface area (Å²) in [4.78, 5) is 32.6. The number of carbonyl (C=O) groups excluding carboxylic acids is 1. The second kappa shape index (κ2) is 8.59. The average Bonchev–Trinajstić information content (AvgIpc) is 2.65. The van der Waals surface area contributed by atoms with E-state index in [0.717, 1.165) is 17.7 Å². The van der Waals surface area contributed by atoms with Gasteiger partial charge in [-0.1, -0.05) is 45.0 Å². The van der Waals surface area contributed by atoms with Gasteiger partial charge in [-0.2, -0.15) is 5.10 Å². The number of hydrogen-bond acceptors (Lipinski definition) is 6. The van der Waals surface area contributed by atoms with Gasteiger partial charge >= 0.3 is 0 Å². The van der Waals surface area contributed by atoms with Crippen LogP contribution in [0, 0.1) is 20.2 Å². The van der Waals surface area contributed by atoms with Crippen molar-refractivity contribution in [1.82, 2.24) is 5.43 Å². The molecule has 0 aliphatic carbocycles. The zero-order chi connectivity index (χ0) is 21.8. The van der Waals surface area contributed by atoms with E-state index in [2.05, 4.69) is 31.3 Å². The van der Waals surface area contributed by atoms with Crippen molar-refractivity contribution in [3.63, 3.8) is 0 Å². The van der Waals surface area contributed by atoms with Gasteiger partial charge in [0.15, 0.2) is 0 Å². The van der Waals surface area contributed by atoms with E-state index >= 15 is 0 Å². The summed E-state index contributed by atoms with van der Waals surface area (Å²) in [7, 11) is 0. The fourth-order valence-electron chi connectivity index (χ4n) is 2.62. The lowest BCUT2D eigenvalue weighted by atomic mass is 9.86. The Hall–Kier alpha value is -3.62. The summed E-state index contributed by atoms with van der Waals surface area (Å²) in [5, 5.41) is 26.0. The third-order valence-corrected chi connectivity index (χ3v) is 4.34. The molecule has 1 amide bonds. The molecule has 0 saturated carbocycles. The maximum absolute atomic E-state index is 12.2. The second-order valence-corrected chi connectivity index (χ2v) is 7.56. The Bertz CT molecular complexity index is 975. The molecular weight excluding hydrogens is 376 g/mol. The Morgan fingerprint density at radius 3 is 2.17 bits per heavy atom. The Labute approximate surface area is 167 Å². The van der Waals surface area contributed by atoms with Gasteiger partial charge in [0.1, 0.15) is 0 Å². The quantitative estimate of drug-likeness (QED) is 0.448. The van der Waals surface area contributed by atoms with Crippen LogP contribution in [0.15, 0.2) is 47.6 Å². The third-order valence-electron chi connectivity index (χ3n) is 4.34. The molecule has 0 fully saturated rings. The van der Waals surface area contributed by atoms with E-state index in [1.165, 1.54) is 11.6 Å². The lowest BCUT2D eigenvalue weighted by Crippen LogP contribution is -2.21. The summed E-state index contributed by atoms with van der Waals surface area (Å²) >= 11 is 0. The SMILES string of the molecule is CC(=NNC(=O)Cc1ccc([N+](=O)[O-])cc1[N+](=O)[O-])c1ccc(C(C)(C)C)cc1. The van der Waals surface area contributed by atoms with Crippen LogP contribution in [0.3, 0.4) is 0 Å². The number of amides is 1. The van der Waals surface area contributed by atoms with E-state index in [9.17, 15) is 25.0 Å². The number of hydrogen-bond donors (Lipinski definition) is 1. The van der Waals surface area contributed by atoms with Crippen molar-refractivity contribution in [3.8, 4) is 0 Å². The largest absolute Gasteiger partial charge is 0.279 e. The van der Waals surface area contributed by atoms with Gasteiger partial charge in [-0.25, -0.2) is 5.43 Å². The van der Waals surface area contributed by atoms with Crippen molar-refractivity contribution in [2.24, 2.45) is 5.10 Å². The third kappa shape index (κ3) is 5.68. The Kier molecular flexibility index (Phi) is 6.42. The van der Waals surface area contributed by atoms with Gasteiger partial charge in [0, 0.05) is 11.6 Å². The molecule has 0 aliphatic heterocycles. The van der Waals surface area contributed by atoms with Crippen LogP contribution in [0.1, 0.15) is 44.4 Å². The van der Waals surface area contributed by atoms with Crippen LogP contribution < -0.4 is 5.43 Å². The fourth-order valence-corrected chi connectivity index (χ4v) is 2.62. The summed E-state index contributed by atoms with van der Waals surface area (Å²) in [5.74, 6) is -0.562. The van der Waals surface area contributed by atoms with Gasteiger partial charge in [-0.05, 0) is 29.5 Å². The molecule has 0 unspecified atom stereocenters. The second-order valence-electron chi connectivity index (χ2n) is 7.56. The lowest BCUT2D eigenvalue weighted by Gasteiger charge is -2.19. The molecule has 0 spiro atoms. The minimum atomic E-state index is -0.749. The monoisotopic (exact) mass is 398 g/mol. The predicted molar refractivity (Wildman–Crippen MR) is 109 cm³/mol. The van der Waals surface area contributed by atoms with Gasteiger partial charge in [-0.3, -0.25) is 25.0 Å². The maximum atomic E-state index is 12.2. The van der Waals surface area contributed by atoms with Crippen LogP contribution in [0.2, 0.25) is 0 Å². The van der Waals surface area contributed by atoms with Gasteiger partial charge in [0.2, 0.25) is 5.91 Å². The summed E-state index contributed by atoms with van der Waals surface area (Å²) in [5.41, 5.74) is 4.16. The average molecular weight is 398 g/mol. The van der Waals surface area contributed by atoms with E-state index in [4.69, 9.17) is 0 Å². The Balaban J connectivity index is 2.11. The minimum Gasteiger partial charge on any atom is -0.273 e. The van der Waals surface area contributed by atoms with Gasteiger partial charge in [0.25, 0.3) is 11.4 Å². The highest BCUT2D eigenvalue weighted by Crippen LogP contribution is 2.25. The topological polar surface area (TPSA) is 128 Å². The van der Waals surface area contributed by atoms with Crippen molar-refractivity contribution >= 4 is 23.0 Å². The van der Waals surface area contributed by atoms with Gasteiger partial charge < -0.3 is 0 Å². The number of carbonyl (C=O) groups is 1. The smallest absolute Gasteiger partial charge is 0.273 e. The number of rotatable bonds is 6. The van der Waals surface area contributed by atoms with Crippen LogP contribution in [0.25, 0.3) is 0 Å². The zero-order valence-corrected chi connectivity index (χ0v) is 16.6. The zero-order valence-electron chi connectivity index (χ0n) is 16.6. The number of nitro benzene ring substituents is 2. The van der Waals surface area contributed by atoms with E-state index in [0.29, 0.717) is 5.71 Å². The molecule has 0 atom stereocenters. The van der Waals surface area contributed by atoms with E-state index < -0.39 is 27.1 Å². The first-order chi connectivity index (χ1) is 13.5. The number of nitrogens with zero attached hydrogens (tertiary/aromatic N) is 3. The molecule has 9 heteroatoms. The first-order valence-electron chi connectivity index (χ1n) is 8.85. The molecule has 0 aliphatic rings. The molecule has 2 rings (SSSR count). The highest BCUT2D eigenvalue weighted by Gasteiger charge is 2.21. The van der Waals surface area contributed by atoms with Crippen molar-refractivity contribution in [1.29, 1.82) is 0 Å². The molecule has 9 nitrogen and oxygen atoms in total. The molecule has 0 aromatic heterocycles. The molecular formula is C20H22N4O5. The number of hydrazone groups is 1. The molecule has 2 aromatic rings. The summed E-state index contributed by atoms with van der Waals surface area (Å²) in [6.45, 7) is 8.07. The molecule has 1 N–H and O–H groups in total. The number of nitro groups is 2. The first-order valence-corrected chi connectivity index (χ1v) is 8.85. The predicted octanol–water partition coefficient (Wildman–Crippen LogP) is 3.88. The first kappa shape index (κ1) is 21.7. The van der Waals surface area contributed by atoms with Crippen molar-refractivity contribution in [2.45, 2.75) is 39.5 Å². The summed E-state index contributed by atoms with van der Waals surface area (Å²) in [6.07, 6.45) is -0.325. The van der Waals surface area contributed by atoms with Crippen molar-refractivity contribution < 1.29 is 14.6 Å². The summed E-state index contributed by atoms with van der Waals surface area (Å²) < 4.78 is 0. The minimum absolute atomic E-state index is 0.0251. The lowest BCUT2D eigenvalue weighted by molar-refractivity contribution is -0.394. The van der Waals surface area contributed by atoms with Crippen LogP contribution in [0.4, 0.5) is 11.4 Å². The van der Waals surface area contributed by atoms with Crippen LogP contribution in [-0.4, -0.2) is 21.5 Å². The summed E-state index contributed by atoms with van der Waals surface area (Å²) in [6, 6.07) is 11.0. The highest BCUT2D eigenvalue weighted by atomic mass is 16.6. The number of benzene rings is 2. The van der Waals surface area contributed by atoms with Crippen LogP contribution in [0.5, 0.6) is 0 Å². The maximum Gasteiger partial charge on any atom is 0.279 e. The normalized spacial score (nSPS) is 11.8. The molecule has 0 bridgehead atoms. The fraction of sp³-hybridized carbons (Fsp3) is 0.300. The van der Waals surface area contributed by atoms with Crippen molar-refractivity contribution in [3.05, 3.63) is 79.4 Å². The highest BCUT2D eigenvalue weighted by molar-refractivity contribution is 5.99. The van der Waals surface area contributed by atoms with E-state index in [1.54, 1.807) is 6.92 Å². The van der Waals surface area contributed by atoms with Crippen LogP contribution in [-0.2, 0) is 16.6 Å². The van der Waals surface area contributed by atoms with Gasteiger partial charge in [-0.15, -0.1) is 0 Å². The molecule has 0 radical (unpaired) electrons.